The molecule has 1 aromatic heterocycles. The average molecular weight is 142 g/mol. The van der Waals surface area contributed by atoms with Gasteiger partial charge in [-0.25, -0.2) is 0 Å². The van der Waals surface area contributed by atoms with Gasteiger partial charge in [0.2, 0.25) is 5.89 Å². The van der Waals surface area contributed by atoms with Crippen molar-refractivity contribution in [1.82, 2.24) is 15.5 Å². The Morgan fingerprint density at radius 3 is 3.00 bits per heavy atom. The van der Waals surface area contributed by atoms with Crippen LogP contribution in [-0.2, 0) is 13.1 Å². The molecule has 10 heavy (non-hydrogen) atoms. The lowest BCUT2D eigenvalue weighted by Gasteiger charge is -1.86. The van der Waals surface area contributed by atoms with Crippen LogP contribution < -0.4 is 11.1 Å². The maximum absolute atomic E-state index is 5.25. The molecule has 5 nitrogen and oxygen atoms in total. The highest BCUT2D eigenvalue weighted by Crippen LogP contribution is 1.94. The number of nitrogens with zero attached hydrogens (tertiary/aromatic N) is 2. The molecular weight excluding hydrogens is 132 g/mol. The van der Waals surface area contributed by atoms with Gasteiger partial charge in [-0.3, -0.25) is 0 Å². The van der Waals surface area contributed by atoms with E-state index < -0.39 is 0 Å². The van der Waals surface area contributed by atoms with Gasteiger partial charge in [-0.1, -0.05) is 5.16 Å². The molecule has 0 bridgehead atoms. The number of rotatable bonds is 3. The summed E-state index contributed by atoms with van der Waals surface area (Å²) in [5.41, 5.74) is 5.25. The predicted molar refractivity (Wildman–Crippen MR) is 35.0 cm³/mol. The van der Waals surface area contributed by atoms with Crippen LogP contribution in [0.5, 0.6) is 0 Å². The van der Waals surface area contributed by atoms with Gasteiger partial charge in [-0.05, 0) is 7.05 Å². The maximum Gasteiger partial charge on any atom is 0.240 e. The number of nitrogens with two attached hydrogens (primary N) is 1. The van der Waals surface area contributed by atoms with Crippen molar-refractivity contribution in [2.45, 2.75) is 13.1 Å². The van der Waals surface area contributed by atoms with Gasteiger partial charge in [0, 0.05) is 0 Å². The highest BCUT2D eigenvalue weighted by molar-refractivity contribution is 4.83. The molecule has 0 aliphatic carbocycles. The molecule has 0 atom stereocenters. The Morgan fingerprint density at radius 2 is 2.50 bits per heavy atom. The Morgan fingerprint density at radius 1 is 1.70 bits per heavy atom. The molecule has 5 heteroatoms. The van der Waals surface area contributed by atoms with E-state index in [1.807, 2.05) is 7.05 Å². The zero-order chi connectivity index (χ0) is 7.40. The van der Waals surface area contributed by atoms with Gasteiger partial charge >= 0.3 is 0 Å². The topological polar surface area (TPSA) is 77.0 Å². The predicted octanol–water partition coefficient (Wildman–Crippen LogP) is -0.752. The third-order valence-corrected chi connectivity index (χ3v) is 1.02. The molecule has 1 rings (SSSR count). The van der Waals surface area contributed by atoms with E-state index in [1.165, 1.54) is 0 Å². The van der Waals surface area contributed by atoms with Crippen LogP contribution in [0.3, 0.4) is 0 Å². The first-order valence-corrected chi connectivity index (χ1v) is 3.03. The fourth-order valence-corrected chi connectivity index (χ4v) is 0.596. The van der Waals surface area contributed by atoms with Crippen molar-refractivity contribution in [3.8, 4) is 0 Å². The average Bonchev–Trinajstić information content (AvgIpc) is 2.37. The quantitative estimate of drug-likeness (QED) is 0.580. The SMILES string of the molecule is CNCc1nc(CN)no1. The van der Waals surface area contributed by atoms with Crippen LogP contribution in [-0.4, -0.2) is 17.2 Å². The van der Waals surface area contributed by atoms with Gasteiger partial charge in [0.05, 0.1) is 13.1 Å². The van der Waals surface area contributed by atoms with Crippen molar-refractivity contribution in [2.75, 3.05) is 7.05 Å². The van der Waals surface area contributed by atoms with Crippen molar-refractivity contribution in [1.29, 1.82) is 0 Å². The molecule has 0 saturated heterocycles. The number of aromatic nitrogens is 2. The van der Waals surface area contributed by atoms with E-state index in [9.17, 15) is 0 Å². The molecular formula is C5H10N4O. The van der Waals surface area contributed by atoms with Gasteiger partial charge in [0.15, 0.2) is 5.82 Å². The Bertz CT molecular complexity index is 197. The normalized spacial score (nSPS) is 10.2. The van der Waals surface area contributed by atoms with Crippen LogP contribution in [0.4, 0.5) is 0 Å². The molecule has 0 fully saturated rings. The summed E-state index contributed by atoms with van der Waals surface area (Å²) >= 11 is 0. The highest BCUT2D eigenvalue weighted by Gasteiger charge is 2.01. The molecule has 0 aromatic carbocycles. The molecule has 0 aliphatic heterocycles. The molecule has 3 N–H and O–H groups in total. The van der Waals surface area contributed by atoms with Crippen molar-refractivity contribution in [3.05, 3.63) is 11.7 Å². The van der Waals surface area contributed by atoms with Gasteiger partial charge in [-0.2, -0.15) is 4.98 Å². The summed E-state index contributed by atoms with van der Waals surface area (Å²) in [6.07, 6.45) is 0. The monoisotopic (exact) mass is 142 g/mol. The fraction of sp³-hybridized carbons (Fsp3) is 0.600. The van der Waals surface area contributed by atoms with E-state index in [0.29, 0.717) is 24.8 Å². The Kier molecular flexibility index (Phi) is 2.35. The van der Waals surface area contributed by atoms with E-state index >= 15 is 0 Å². The largest absolute Gasteiger partial charge is 0.338 e. The summed E-state index contributed by atoms with van der Waals surface area (Å²) in [6.45, 7) is 0.917. The minimum Gasteiger partial charge on any atom is -0.338 e. The lowest BCUT2D eigenvalue weighted by Crippen LogP contribution is -2.05. The molecule has 0 aliphatic rings. The second kappa shape index (κ2) is 3.28. The third-order valence-electron chi connectivity index (χ3n) is 1.02. The standard InChI is InChI=1S/C5H10N4O/c1-7-3-5-8-4(2-6)9-10-5/h7H,2-3,6H2,1H3. The van der Waals surface area contributed by atoms with E-state index in [-0.39, 0.29) is 0 Å². The molecule has 1 heterocycles. The smallest absolute Gasteiger partial charge is 0.240 e. The lowest BCUT2D eigenvalue weighted by atomic mass is 10.6. The van der Waals surface area contributed by atoms with Crippen LogP contribution in [0.15, 0.2) is 4.52 Å². The molecule has 1 aromatic rings. The fourth-order valence-electron chi connectivity index (χ4n) is 0.596. The molecule has 0 amide bonds. The van der Waals surface area contributed by atoms with E-state index in [0.717, 1.165) is 0 Å². The summed E-state index contributed by atoms with van der Waals surface area (Å²) in [7, 11) is 1.81. The van der Waals surface area contributed by atoms with Crippen LogP contribution in [0.1, 0.15) is 11.7 Å². The van der Waals surface area contributed by atoms with Crippen LogP contribution >= 0.6 is 0 Å². The Balaban J connectivity index is 2.59. The van der Waals surface area contributed by atoms with Gasteiger partial charge in [0.25, 0.3) is 0 Å². The zero-order valence-corrected chi connectivity index (χ0v) is 5.79. The second-order valence-electron chi connectivity index (χ2n) is 1.84. The minimum absolute atomic E-state index is 0.327. The number of hydrogen-bond donors (Lipinski definition) is 2. The summed E-state index contributed by atoms with van der Waals surface area (Å²) in [5.74, 6) is 1.12. The van der Waals surface area contributed by atoms with Crippen molar-refractivity contribution < 1.29 is 4.52 Å². The van der Waals surface area contributed by atoms with E-state index in [4.69, 9.17) is 10.3 Å². The van der Waals surface area contributed by atoms with Crippen LogP contribution in [0, 0.1) is 0 Å². The Hall–Kier alpha value is -0.940. The first-order valence-electron chi connectivity index (χ1n) is 3.03. The maximum atomic E-state index is 5.25. The lowest BCUT2D eigenvalue weighted by molar-refractivity contribution is 0.367. The first kappa shape index (κ1) is 7.17. The summed E-state index contributed by atoms with van der Waals surface area (Å²) in [6, 6.07) is 0. The molecule has 0 radical (unpaired) electrons. The number of nitrogens with one attached hydrogen (secondary N) is 1. The Labute approximate surface area is 58.6 Å². The van der Waals surface area contributed by atoms with Crippen molar-refractivity contribution in [3.63, 3.8) is 0 Å². The summed E-state index contributed by atoms with van der Waals surface area (Å²) in [4.78, 5) is 3.95. The zero-order valence-electron chi connectivity index (χ0n) is 5.79. The van der Waals surface area contributed by atoms with Crippen molar-refractivity contribution >= 4 is 0 Å². The summed E-state index contributed by atoms with van der Waals surface area (Å²) in [5, 5.41) is 6.49. The third kappa shape index (κ3) is 1.52. The van der Waals surface area contributed by atoms with Crippen LogP contribution in [0.25, 0.3) is 0 Å². The van der Waals surface area contributed by atoms with Gasteiger partial charge < -0.3 is 15.6 Å². The summed E-state index contributed by atoms with van der Waals surface area (Å²) < 4.78 is 4.79. The number of hydrogen-bond acceptors (Lipinski definition) is 5. The first-order chi connectivity index (χ1) is 4.86. The molecule has 56 valence electrons. The molecule has 0 saturated carbocycles. The van der Waals surface area contributed by atoms with Gasteiger partial charge in [0.1, 0.15) is 0 Å². The second-order valence-corrected chi connectivity index (χ2v) is 1.84. The van der Waals surface area contributed by atoms with Crippen LogP contribution in [0.2, 0.25) is 0 Å². The minimum atomic E-state index is 0.327. The van der Waals surface area contributed by atoms with Gasteiger partial charge in [-0.15, -0.1) is 0 Å². The van der Waals surface area contributed by atoms with E-state index in [1.54, 1.807) is 0 Å². The molecule has 0 unspecified atom stereocenters. The highest BCUT2D eigenvalue weighted by atomic mass is 16.5. The molecule has 0 spiro atoms. The van der Waals surface area contributed by atoms with Crippen molar-refractivity contribution in [2.24, 2.45) is 5.73 Å². The van der Waals surface area contributed by atoms with E-state index in [2.05, 4.69) is 15.5 Å².